The summed E-state index contributed by atoms with van der Waals surface area (Å²) in [5, 5.41) is 4.28. The summed E-state index contributed by atoms with van der Waals surface area (Å²) in [6.45, 7) is 12.2. The van der Waals surface area contributed by atoms with Gasteiger partial charge in [-0.2, -0.15) is 5.10 Å². The Labute approximate surface area is 114 Å². The SMILES string of the molecule is CC(C)(C)OC(=O)NNCc1cnn(C(C)(C)C)c1. The minimum absolute atomic E-state index is 0.0448. The van der Waals surface area contributed by atoms with Gasteiger partial charge in [-0.3, -0.25) is 10.1 Å². The summed E-state index contributed by atoms with van der Waals surface area (Å²) in [7, 11) is 0. The normalized spacial score (nSPS) is 12.3. The number of aromatic nitrogens is 2. The molecule has 108 valence electrons. The number of hydrazine groups is 1. The molecule has 6 heteroatoms. The molecule has 0 saturated carbocycles. The average Bonchev–Trinajstić information content (AvgIpc) is 2.62. The van der Waals surface area contributed by atoms with E-state index in [0.29, 0.717) is 6.54 Å². The zero-order valence-corrected chi connectivity index (χ0v) is 12.6. The van der Waals surface area contributed by atoms with Crippen molar-refractivity contribution >= 4 is 6.09 Å². The first kappa shape index (κ1) is 15.5. The first-order valence-electron chi connectivity index (χ1n) is 6.34. The highest BCUT2D eigenvalue weighted by molar-refractivity contribution is 5.66. The van der Waals surface area contributed by atoms with E-state index >= 15 is 0 Å². The van der Waals surface area contributed by atoms with Crippen LogP contribution < -0.4 is 10.9 Å². The summed E-state index contributed by atoms with van der Waals surface area (Å²) >= 11 is 0. The van der Waals surface area contributed by atoms with Crippen molar-refractivity contribution in [1.29, 1.82) is 0 Å². The number of ether oxygens (including phenoxy) is 1. The second-order valence-corrected chi connectivity index (χ2v) is 6.44. The third kappa shape index (κ3) is 5.74. The minimum Gasteiger partial charge on any atom is -0.443 e. The molecule has 0 unspecified atom stereocenters. The van der Waals surface area contributed by atoms with Gasteiger partial charge in [-0.15, -0.1) is 0 Å². The van der Waals surface area contributed by atoms with Crippen molar-refractivity contribution in [3.8, 4) is 0 Å². The average molecular weight is 268 g/mol. The molecule has 19 heavy (non-hydrogen) atoms. The van der Waals surface area contributed by atoms with Gasteiger partial charge in [-0.1, -0.05) is 0 Å². The zero-order chi connectivity index (χ0) is 14.7. The fourth-order valence-electron chi connectivity index (χ4n) is 1.34. The summed E-state index contributed by atoms with van der Waals surface area (Å²) in [5.41, 5.74) is 5.75. The first-order chi connectivity index (χ1) is 8.58. The van der Waals surface area contributed by atoms with Crippen molar-refractivity contribution < 1.29 is 9.53 Å². The van der Waals surface area contributed by atoms with Crippen LogP contribution in [-0.4, -0.2) is 21.5 Å². The fraction of sp³-hybridized carbons (Fsp3) is 0.692. The fourth-order valence-corrected chi connectivity index (χ4v) is 1.34. The van der Waals surface area contributed by atoms with Crippen LogP contribution in [0, 0.1) is 0 Å². The standard InChI is InChI=1S/C13H24N4O2/c1-12(2,3)17-9-10(8-15-17)7-14-16-11(18)19-13(4,5)6/h8-9,14H,7H2,1-6H3,(H,16,18). The topological polar surface area (TPSA) is 68.2 Å². The van der Waals surface area contributed by atoms with Crippen LogP contribution >= 0.6 is 0 Å². The van der Waals surface area contributed by atoms with E-state index in [2.05, 4.69) is 36.7 Å². The Balaban J connectivity index is 2.38. The highest BCUT2D eigenvalue weighted by Gasteiger charge is 2.16. The number of hydrogen-bond donors (Lipinski definition) is 2. The number of nitrogens with one attached hydrogen (secondary N) is 2. The van der Waals surface area contributed by atoms with E-state index < -0.39 is 11.7 Å². The van der Waals surface area contributed by atoms with Crippen molar-refractivity contribution in [1.82, 2.24) is 20.6 Å². The molecule has 1 rings (SSSR count). The van der Waals surface area contributed by atoms with E-state index in [1.54, 1.807) is 6.20 Å². The summed E-state index contributed by atoms with van der Waals surface area (Å²) in [6, 6.07) is 0. The third-order valence-corrected chi connectivity index (χ3v) is 2.21. The molecule has 1 amide bonds. The summed E-state index contributed by atoms with van der Waals surface area (Å²) in [5.74, 6) is 0. The van der Waals surface area contributed by atoms with Gasteiger partial charge in [0, 0.05) is 18.3 Å². The van der Waals surface area contributed by atoms with Crippen LogP contribution in [0.2, 0.25) is 0 Å². The summed E-state index contributed by atoms with van der Waals surface area (Å²) in [4.78, 5) is 11.4. The Hall–Kier alpha value is -1.56. The monoisotopic (exact) mass is 268 g/mol. The molecule has 1 aromatic rings. The van der Waals surface area contributed by atoms with E-state index in [-0.39, 0.29) is 5.54 Å². The number of carbonyl (C=O) groups is 1. The molecule has 0 bridgehead atoms. The molecule has 1 heterocycles. The molecule has 0 aliphatic rings. The lowest BCUT2D eigenvalue weighted by molar-refractivity contribution is 0.0497. The van der Waals surface area contributed by atoms with Crippen molar-refractivity contribution in [3.63, 3.8) is 0 Å². The van der Waals surface area contributed by atoms with Gasteiger partial charge in [-0.25, -0.2) is 10.2 Å². The number of carbonyl (C=O) groups excluding carboxylic acids is 1. The molecular weight excluding hydrogens is 244 g/mol. The Kier molecular flexibility index (Phi) is 4.57. The predicted octanol–water partition coefficient (Wildman–Crippen LogP) is 2.17. The van der Waals surface area contributed by atoms with Gasteiger partial charge in [0.25, 0.3) is 0 Å². The highest BCUT2D eigenvalue weighted by Crippen LogP contribution is 2.12. The molecule has 0 fully saturated rings. The maximum absolute atomic E-state index is 11.4. The summed E-state index contributed by atoms with van der Waals surface area (Å²) in [6.07, 6.45) is 3.23. The van der Waals surface area contributed by atoms with Gasteiger partial charge >= 0.3 is 6.09 Å². The van der Waals surface area contributed by atoms with E-state index in [9.17, 15) is 4.79 Å². The van der Waals surface area contributed by atoms with Crippen LogP contribution in [0.25, 0.3) is 0 Å². The molecule has 6 nitrogen and oxygen atoms in total. The number of hydrogen-bond acceptors (Lipinski definition) is 4. The predicted molar refractivity (Wildman–Crippen MR) is 73.4 cm³/mol. The van der Waals surface area contributed by atoms with Gasteiger partial charge < -0.3 is 4.74 Å². The molecule has 0 aliphatic carbocycles. The lowest BCUT2D eigenvalue weighted by atomic mass is 10.1. The molecule has 0 spiro atoms. The second kappa shape index (κ2) is 5.61. The smallest absolute Gasteiger partial charge is 0.422 e. The number of rotatable bonds is 3. The van der Waals surface area contributed by atoms with Gasteiger partial charge in [0.2, 0.25) is 0 Å². The molecule has 0 aromatic carbocycles. The van der Waals surface area contributed by atoms with Crippen LogP contribution in [0.1, 0.15) is 47.1 Å². The van der Waals surface area contributed by atoms with Crippen LogP contribution in [0.15, 0.2) is 12.4 Å². The van der Waals surface area contributed by atoms with Gasteiger partial charge in [0.05, 0.1) is 11.7 Å². The van der Waals surface area contributed by atoms with Crippen LogP contribution in [0.3, 0.4) is 0 Å². The lowest BCUT2D eigenvalue weighted by Gasteiger charge is -2.20. The quantitative estimate of drug-likeness (QED) is 0.824. The van der Waals surface area contributed by atoms with Gasteiger partial charge in [0.15, 0.2) is 0 Å². The minimum atomic E-state index is -0.497. The zero-order valence-electron chi connectivity index (χ0n) is 12.6. The Morgan fingerprint density at radius 3 is 2.42 bits per heavy atom. The lowest BCUT2D eigenvalue weighted by Crippen LogP contribution is -2.40. The molecule has 1 aromatic heterocycles. The largest absolute Gasteiger partial charge is 0.443 e. The van der Waals surface area contributed by atoms with Crippen LogP contribution in [0.5, 0.6) is 0 Å². The molecule has 0 radical (unpaired) electrons. The maximum atomic E-state index is 11.4. The van der Waals surface area contributed by atoms with E-state index in [1.807, 2.05) is 31.6 Å². The van der Waals surface area contributed by atoms with Crippen LogP contribution in [-0.2, 0) is 16.8 Å². The van der Waals surface area contributed by atoms with Gasteiger partial charge in [-0.05, 0) is 41.5 Å². The highest BCUT2D eigenvalue weighted by atomic mass is 16.6. The van der Waals surface area contributed by atoms with E-state index in [0.717, 1.165) is 5.56 Å². The first-order valence-corrected chi connectivity index (χ1v) is 6.34. The van der Waals surface area contributed by atoms with Crippen molar-refractivity contribution in [3.05, 3.63) is 18.0 Å². The number of nitrogens with zero attached hydrogens (tertiary/aromatic N) is 2. The van der Waals surface area contributed by atoms with Crippen molar-refractivity contribution in [2.45, 2.75) is 59.2 Å². The van der Waals surface area contributed by atoms with Crippen molar-refractivity contribution in [2.24, 2.45) is 0 Å². The van der Waals surface area contributed by atoms with E-state index in [4.69, 9.17) is 4.74 Å². The van der Waals surface area contributed by atoms with Crippen LogP contribution in [0.4, 0.5) is 4.79 Å². The summed E-state index contributed by atoms with van der Waals surface area (Å²) < 4.78 is 6.99. The van der Waals surface area contributed by atoms with Gasteiger partial charge in [0.1, 0.15) is 5.60 Å². The maximum Gasteiger partial charge on any atom is 0.422 e. The molecule has 0 atom stereocenters. The number of amides is 1. The molecule has 2 N–H and O–H groups in total. The Morgan fingerprint density at radius 2 is 1.95 bits per heavy atom. The molecule has 0 saturated heterocycles. The Morgan fingerprint density at radius 1 is 1.32 bits per heavy atom. The molecule has 0 aliphatic heterocycles. The third-order valence-electron chi connectivity index (χ3n) is 2.21. The molecular formula is C13H24N4O2. The van der Waals surface area contributed by atoms with Crippen molar-refractivity contribution in [2.75, 3.05) is 0 Å². The second-order valence-electron chi connectivity index (χ2n) is 6.44. The Bertz CT molecular complexity index is 427. The van der Waals surface area contributed by atoms with E-state index in [1.165, 1.54) is 0 Å².